The van der Waals surface area contributed by atoms with Crippen LogP contribution in [0.4, 0.5) is 5.69 Å². The van der Waals surface area contributed by atoms with Crippen molar-refractivity contribution >= 4 is 38.7 Å². The summed E-state index contributed by atoms with van der Waals surface area (Å²) in [7, 11) is -2.07. The van der Waals surface area contributed by atoms with Gasteiger partial charge >= 0.3 is 5.97 Å². The van der Waals surface area contributed by atoms with Crippen molar-refractivity contribution in [2.24, 2.45) is 0 Å². The zero-order chi connectivity index (χ0) is 22.6. The molecule has 31 heavy (non-hydrogen) atoms. The summed E-state index contributed by atoms with van der Waals surface area (Å²) in [5.41, 5.74) is 1.98. The number of sulfone groups is 1. The Morgan fingerprint density at radius 1 is 1.03 bits per heavy atom. The zero-order valence-corrected chi connectivity index (χ0v) is 19.0. The number of rotatable bonds is 7. The molecule has 162 valence electrons. The number of thiophene rings is 1. The van der Waals surface area contributed by atoms with Gasteiger partial charge < -0.3 is 10.1 Å². The largest absolute Gasteiger partial charge is 0.465 e. The number of amides is 1. The molecular weight excluding hydrogens is 434 g/mol. The van der Waals surface area contributed by atoms with Gasteiger partial charge in [0, 0.05) is 4.88 Å². The number of nitrogens with one attached hydrogen (secondary N) is 1. The molecule has 1 N–H and O–H groups in total. The van der Waals surface area contributed by atoms with E-state index in [1.165, 1.54) is 30.6 Å². The molecule has 0 unspecified atom stereocenters. The van der Waals surface area contributed by atoms with Gasteiger partial charge in [0.1, 0.15) is 4.88 Å². The van der Waals surface area contributed by atoms with Crippen LogP contribution < -0.4 is 5.32 Å². The highest BCUT2D eigenvalue weighted by molar-refractivity contribution is 7.92. The summed E-state index contributed by atoms with van der Waals surface area (Å²) in [6.07, 6.45) is 0.0408. The van der Waals surface area contributed by atoms with Crippen molar-refractivity contribution in [1.29, 1.82) is 0 Å². The van der Waals surface area contributed by atoms with Gasteiger partial charge in [-0.25, -0.2) is 13.2 Å². The average Bonchev–Trinajstić information content (AvgIpc) is 3.17. The molecule has 0 aliphatic heterocycles. The van der Waals surface area contributed by atoms with Crippen LogP contribution in [0.25, 0.3) is 10.4 Å². The van der Waals surface area contributed by atoms with E-state index in [2.05, 4.69) is 5.32 Å². The van der Waals surface area contributed by atoms with Crippen molar-refractivity contribution in [2.75, 3.05) is 12.4 Å². The molecule has 3 aromatic rings. The molecule has 1 heterocycles. The Morgan fingerprint density at radius 3 is 2.26 bits per heavy atom. The molecule has 0 saturated heterocycles. The Kier molecular flexibility index (Phi) is 6.92. The van der Waals surface area contributed by atoms with E-state index < -0.39 is 21.1 Å². The Hall–Kier alpha value is -2.97. The molecule has 2 aromatic carbocycles. The highest BCUT2D eigenvalue weighted by atomic mass is 32.2. The third-order valence-electron chi connectivity index (χ3n) is 4.67. The summed E-state index contributed by atoms with van der Waals surface area (Å²) in [5, 5.41) is 2.26. The molecule has 0 bridgehead atoms. The minimum Gasteiger partial charge on any atom is -0.465 e. The highest BCUT2D eigenvalue weighted by Crippen LogP contribution is 2.35. The summed E-state index contributed by atoms with van der Waals surface area (Å²) in [6, 6.07) is 17.6. The second kappa shape index (κ2) is 9.45. The number of esters is 1. The number of carbonyl (C=O) groups is 2. The fraction of sp³-hybridized carbons (Fsp3) is 0.217. The van der Waals surface area contributed by atoms with E-state index in [0.717, 1.165) is 10.4 Å². The Morgan fingerprint density at radius 2 is 1.68 bits per heavy atom. The number of carbonyl (C=O) groups excluding carboxylic acids is 2. The van der Waals surface area contributed by atoms with Crippen LogP contribution in [0.15, 0.2) is 65.6 Å². The average molecular weight is 458 g/mol. The van der Waals surface area contributed by atoms with Crippen LogP contribution >= 0.6 is 11.3 Å². The van der Waals surface area contributed by atoms with Gasteiger partial charge in [0.05, 0.1) is 29.4 Å². The fourth-order valence-corrected chi connectivity index (χ4v) is 5.02. The maximum atomic E-state index is 12.6. The monoisotopic (exact) mass is 457 g/mol. The predicted molar refractivity (Wildman–Crippen MR) is 122 cm³/mol. The normalized spacial score (nSPS) is 11.4. The summed E-state index contributed by atoms with van der Waals surface area (Å²) < 4.78 is 29.3. The minimum absolute atomic E-state index is 0.0408. The van der Waals surface area contributed by atoms with Gasteiger partial charge in [-0.2, -0.15) is 0 Å². The summed E-state index contributed by atoms with van der Waals surface area (Å²) in [6.45, 7) is 3.25. The molecular formula is C23H23NO5S2. The van der Waals surface area contributed by atoms with Crippen molar-refractivity contribution in [3.8, 4) is 10.4 Å². The first-order valence-corrected chi connectivity index (χ1v) is 12.0. The van der Waals surface area contributed by atoms with Crippen LogP contribution in [0, 0.1) is 0 Å². The van der Waals surface area contributed by atoms with Crippen molar-refractivity contribution in [2.45, 2.75) is 30.4 Å². The number of hydrogen-bond acceptors (Lipinski definition) is 6. The molecule has 0 saturated carbocycles. The second-order valence-corrected chi connectivity index (χ2v) is 10.7. The molecule has 0 spiro atoms. The lowest BCUT2D eigenvalue weighted by Crippen LogP contribution is -2.16. The minimum atomic E-state index is -3.36. The second-order valence-electron chi connectivity index (χ2n) is 7.17. The fourth-order valence-electron chi connectivity index (χ4n) is 2.92. The van der Waals surface area contributed by atoms with E-state index in [4.69, 9.17) is 4.74 Å². The third kappa shape index (κ3) is 5.21. The molecule has 6 nitrogen and oxygen atoms in total. The van der Waals surface area contributed by atoms with E-state index in [1.807, 2.05) is 30.3 Å². The first-order valence-electron chi connectivity index (χ1n) is 9.62. The summed E-state index contributed by atoms with van der Waals surface area (Å²) in [5.74, 6) is -0.840. The Balaban J connectivity index is 1.78. The number of ether oxygens (including phenoxy) is 1. The van der Waals surface area contributed by atoms with Crippen LogP contribution in [-0.2, 0) is 25.8 Å². The van der Waals surface area contributed by atoms with E-state index in [9.17, 15) is 18.0 Å². The Bertz CT molecular complexity index is 1180. The number of benzene rings is 2. The lowest BCUT2D eigenvalue weighted by Gasteiger charge is -2.09. The molecule has 0 radical (unpaired) electrons. The number of methoxy groups -OCH3 is 1. The van der Waals surface area contributed by atoms with Crippen LogP contribution in [-0.4, -0.2) is 32.7 Å². The maximum absolute atomic E-state index is 12.6. The quantitative estimate of drug-likeness (QED) is 0.525. The van der Waals surface area contributed by atoms with Crippen LogP contribution in [0.2, 0.25) is 0 Å². The van der Waals surface area contributed by atoms with Gasteiger partial charge in [0.2, 0.25) is 5.91 Å². The molecule has 1 amide bonds. The summed E-state index contributed by atoms with van der Waals surface area (Å²) in [4.78, 5) is 26.2. The van der Waals surface area contributed by atoms with Crippen LogP contribution in [0.3, 0.4) is 0 Å². The lowest BCUT2D eigenvalue weighted by atomic mass is 10.1. The molecule has 0 aliphatic carbocycles. The van der Waals surface area contributed by atoms with Crippen LogP contribution in [0.5, 0.6) is 0 Å². The highest BCUT2D eigenvalue weighted by Gasteiger charge is 2.21. The Labute approximate surface area is 185 Å². The third-order valence-corrected chi connectivity index (χ3v) is 8.01. The summed E-state index contributed by atoms with van der Waals surface area (Å²) >= 11 is 1.24. The first-order chi connectivity index (χ1) is 14.7. The predicted octanol–water partition coefficient (Wildman–Crippen LogP) is 4.57. The molecule has 8 heteroatoms. The van der Waals surface area contributed by atoms with Crippen molar-refractivity contribution in [3.63, 3.8) is 0 Å². The van der Waals surface area contributed by atoms with Gasteiger partial charge in [-0.1, -0.05) is 42.5 Å². The maximum Gasteiger partial charge on any atom is 0.350 e. The van der Waals surface area contributed by atoms with E-state index in [0.29, 0.717) is 16.1 Å². The SMILES string of the molecule is COC(=O)c1sc(-c2ccccc2)cc1NC(=O)Cc1ccc(S(=O)(=O)C(C)C)cc1. The standard InChI is InChI=1S/C23H23NO5S2/c1-15(2)31(27,28)18-11-9-16(10-12-18)13-21(25)24-19-14-20(17-7-5-4-6-8-17)30-22(19)23(26)29-3/h4-12,14-15H,13H2,1-3H3,(H,24,25). The number of anilines is 1. The molecule has 0 aliphatic rings. The van der Waals surface area contributed by atoms with Gasteiger partial charge in [-0.05, 0) is 43.2 Å². The van der Waals surface area contributed by atoms with Gasteiger partial charge in [-0.3, -0.25) is 4.79 Å². The topological polar surface area (TPSA) is 89.5 Å². The first kappa shape index (κ1) is 22.7. The van der Waals surface area contributed by atoms with E-state index in [1.54, 1.807) is 32.0 Å². The lowest BCUT2D eigenvalue weighted by molar-refractivity contribution is -0.115. The van der Waals surface area contributed by atoms with Crippen LogP contribution in [0.1, 0.15) is 29.1 Å². The number of hydrogen-bond donors (Lipinski definition) is 1. The smallest absolute Gasteiger partial charge is 0.350 e. The van der Waals surface area contributed by atoms with Crippen molar-refractivity contribution < 1.29 is 22.7 Å². The molecule has 1 aromatic heterocycles. The van der Waals surface area contributed by atoms with Crippen molar-refractivity contribution in [3.05, 3.63) is 71.1 Å². The van der Waals surface area contributed by atoms with Crippen molar-refractivity contribution in [1.82, 2.24) is 0 Å². The van der Waals surface area contributed by atoms with E-state index in [-0.39, 0.29) is 17.2 Å². The molecule has 3 rings (SSSR count). The van der Waals surface area contributed by atoms with E-state index >= 15 is 0 Å². The molecule has 0 fully saturated rings. The van der Waals surface area contributed by atoms with Gasteiger partial charge in [-0.15, -0.1) is 11.3 Å². The van der Waals surface area contributed by atoms with Gasteiger partial charge in [0.25, 0.3) is 0 Å². The molecule has 0 atom stereocenters. The zero-order valence-electron chi connectivity index (χ0n) is 17.4. The van der Waals surface area contributed by atoms with Gasteiger partial charge in [0.15, 0.2) is 9.84 Å².